The second-order valence-corrected chi connectivity index (χ2v) is 4.40. The van der Waals surface area contributed by atoms with Crippen molar-refractivity contribution in [3.8, 4) is 5.75 Å². The molecule has 0 aliphatic carbocycles. The third-order valence-corrected chi connectivity index (χ3v) is 3.35. The maximum atomic E-state index is 11.8. The topological polar surface area (TPSA) is 41.6 Å². The summed E-state index contributed by atoms with van der Waals surface area (Å²) in [5.74, 6) is 1.21. The third-order valence-electron chi connectivity index (χ3n) is 3.35. The summed E-state index contributed by atoms with van der Waals surface area (Å²) >= 11 is 0. The molecule has 4 nitrogen and oxygen atoms in total. The van der Waals surface area contributed by atoms with Gasteiger partial charge in [-0.25, -0.2) is 4.79 Å². The minimum atomic E-state index is 0.00406. The number of urea groups is 1. The lowest BCUT2D eigenvalue weighted by Crippen LogP contribution is -2.41. The summed E-state index contributed by atoms with van der Waals surface area (Å²) < 4.78 is 5.59. The zero-order chi connectivity index (χ0) is 13.0. The smallest absolute Gasteiger partial charge is 0.317 e. The van der Waals surface area contributed by atoms with Gasteiger partial charge in [-0.15, -0.1) is 0 Å². The summed E-state index contributed by atoms with van der Waals surface area (Å²) in [7, 11) is 0. The van der Waals surface area contributed by atoms with Crippen LogP contribution in [-0.2, 0) is 0 Å². The molecular formula is C14H20N2O2. The number of benzene rings is 1. The SMILES string of the molecule is CCN(CC)C(=O)NCC1COc2ccccc21. The van der Waals surface area contributed by atoms with Crippen LogP contribution in [0.1, 0.15) is 25.3 Å². The van der Waals surface area contributed by atoms with Gasteiger partial charge < -0.3 is 15.0 Å². The Morgan fingerprint density at radius 2 is 2.11 bits per heavy atom. The first-order valence-corrected chi connectivity index (χ1v) is 6.50. The molecule has 0 fully saturated rings. The number of amides is 2. The Hall–Kier alpha value is -1.71. The van der Waals surface area contributed by atoms with Gasteiger partial charge in [-0.1, -0.05) is 18.2 Å². The van der Waals surface area contributed by atoms with E-state index in [1.165, 1.54) is 5.56 Å². The van der Waals surface area contributed by atoms with E-state index in [0.29, 0.717) is 13.2 Å². The van der Waals surface area contributed by atoms with Gasteiger partial charge in [0.05, 0.1) is 6.61 Å². The molecule has 0 saturated heterocycles. The quantitative estimate of drug-likeness (QED) is 0.887. The number of para-hydroxylation sites is 1. The van der Waals surface area contributed by atoms with Crippen LogP contribution < -0.4 is 10.1 Å². The van der Waals surface area contributed by atoms with Gasteiger partial charge in [-0.2, -0.15) is 0 Å². The predicted molar refractivity (Wildman–Crippen MR) is 71.0 cm³/mol. The Morgan fingerprint density at radius 1 is 1.39 bits per heavy atom. The Bertz CT molecular complexity index is 416. The molecule has 1 aromatic rings. The second kappa shape index (κ2) is 5.76. The van der Waals surface area contributed by atoms with Crippen LogP contribution in [0.25, 0.3) is 0 Å². The lowest BCUT2D eigenvalue weighted by molar-refractivity contribution is 0.202. The van der Waals surface area contributed by atoms with Crippen molar-refractivity contribution in [2.45, 2.75) is 19.8 Å². The zero-order valence-corrected chi connectivity index (χ0v) is 11.0. The molecule has 1 aliphatic heterocycles. The highest BCUT2D eigenvalue weighted by Gasteiger charge is 2.24. The van der Waals surface area contributed by atoms with E-state index in [2.05, 4.69) is 11.4 Å². The molecule has 1 aromatic carbocycles. The van der Waals surface area contributed by atoms with Crippen molar-refractivity contribution in [1.29, 1.82) is 0 Å². The molecule has 1 heterocycles. The normalized spacial score (nSPS) is 16.9. The van der Waals surface area contributed by atoms with Gasteiger partial charge in [-0.3, -0.25) is 0 Å². The molecule has 4 heteroatoms. The van der Waals surface area contributed by atoms with Crippen LogP contribution in [0.2, 0.25) is 0 Å². The molecule has 1 aliphatic rings. The first kappa shape index (κ1) is 12.7. The minimum Gasteiger partial charge on any atom is -0.493 e. The van der Waals surface area contributed by atoms with Gasteiger partial charge in [0.15, 0.2) is 0 Å². The van der Waals surface area contributed by atoms with E-state index in [1.54, 1.807) is 4.90 Å². The maximum absolute atomic E-state index is 11.8. The molecule has 1 unspecified atom stereocenters. The number of hydrogen-bond acceptors (Lipinski definition) is 2. The van der Waals surface area contributed by atoms with E-state index >= 15 is 0 Å². The van der Waals surface area contributed by atoms with E-state index in [-0.39, 0.29) is 11.9 Å². The first-order valence-electron chi connectivity index (χ1n) is 6.50. The highest BCUT2D eigenvalue weighted by atomic mass is 16.5. The van der Waals surface area contributed by atoms with Crippen LogP contribution in [0.4, 0.5) is 4.79 Å². The highest BCUT2D eigenvalue weighted by molar-refractivity contribution is 5.74. The molecule has 2 amide bonds. The molecule has 0 spiro atoms. The van der Waals surface area contributed by atoms with E-state index in [0.717, 1.165) is 18.8 Å². The van der Waals surface area contributed by atoms with Crippen molar-refractivity contribution < 1.29 is 9.53 Å². The lowest BCUT2D eigenvalue weighted by atomic mass is 10.0. The summed E-state index contributed by atoms with van der Waals surface area (Å²) in [6.45, 7) is 6.72. The summed E-state index contributed by atoms with van der Waals surface area (Å²) in [6.07, 6.45) is 0. The zero-order valence-electron chi connectivity index (χ0n) is 11.0. The molecule has 2 rings (SSSR count). The maximum Gasteiger partial charge on any atom is 0.317 e. The summed E-state index contributed by atoms with van der Waals surface area (Å²) in [5.41, 5.74) is 1.19. The largest absolute Gasteiger partial charge is 0.493 e. The van der Waals surface area contributed by atoms with Crippen LogP contribution in [0, 0.1) is 0 Å². The van der Waals surface area contributed by atoms with E-state index in [9.17, 15) is 4.79 Å². The Kier molecular flexibility index (Phi) is 4.07. The second-order valence-electron chi connectivity index (χ2n) is 4.40. The van der Waals surface area contributed by atoms with Crippen molar-refractivity contribution in [1.82, 2.24) is 10.2 Å². The molecule has 0 aromatic heterocycles. The Labute approximate surface area is 108 Å². The number of nitrogens with one attached hydrogen (secondary N) is 1. The van der Waals surface area contributed by atoms with Crippen LogP contribution >= 0.6 is 0 Å². The third kappa shape index (κ3) is 2.58. The number of hydrogen-bond donors (Lipinski definition) is 1. The number of rotatable bonds is 4. The molecule has 0 radical (unpaired) electrons. The van der Waals surface area contributed by atoms with E-state index in [4.69, 9.17) is 4.74 Å². The molecule has 1 N–H and O–H groups in total. The fraction of sp³-hybridized carbons (Fsp3) is 0.500. The summed E-state index contributed by atoms with van der Waals surface area (Å²) in [6, 6.07) is 8.02. The van der Waals surface area contributed by atoms with Crippen LogP contribution in [0.15, 0.2) is 24.3 Å². The van der Waals surface area contributed by atoms with Crippen molar-refractivity contribution >= 4 is 6.03 Å². The molecule has 98 valence electrons. The van der Waals surface area contributed by atoms with Gasteiger partial charge in [0.2, 0.25) is 0 Å². The molecule has 0 saturated carbocycles. The number of carbonyl (C=O) groups excluding carboxylic acids is 1. The lowest BCUT2D eigenvalue weighted by Gasteiger charge is -2.20. The average Bonchev–Trinajstić information content (AvgIpc) is 2.81. The summed E-state index contributed by atoms with van der Waals surface area (Å²) in [4.78, 5) is 13.6. The van der Waals surface area contributed by atoms with Gasteiger partial charge in [0, 0.05) is 31.1 Å². The van der Waals surface area contributed by atoms with Crippen molar-refractivity contribution in [3.05, 3.63) is 29.8 Å². The fourth-order valence-corrected chi connectivity index (χ4v) is 2.23. The van der Waals surface area contributed by atoms with Crippen LogP contribution in [0.3, 0.4) is 0 Å². The van der Waals surface area contributed by atoms with E-state index < -0.39 is 0 Å². The van der Waals surface area contributed by atoms with Crippen molar-refractivity contribution in [3.63, 3.8) is 0 Å². The Balaban J connectivity index is 1.91. The number of fused-ring (bicyclic) bond motifs is 1. The van der Waals surface area contributed by atoms with Gasteiger partial charge in [-0.05, 0) is 19.9 Å². The summed E-state index contributed by atoms with van der Waals surface area (Å²) in [5, 5.41) is 2.97. The molecule has 1 atom stereocenters. The standard InChI is InChI=1S/C14H20N2O2/c1-3-16(4-2)14(17)15-9-11-10-18-13-8-6-5-7-12(11)13/h5-8,11H,3-4,9-10H2,1-2H3,(H,15,17). The highest BCUT2D eigenvalue weighted by Crippen LogP contribution is 2.32. The fourth-order valence-electron chi connectivity index (χ4n) is 2.23. The minimum absolute atomic E-state index is 0.00406. The van der Waals surface area contributed by atoms with Gasteiger partial charge in [0.1, 0.15) is 5.75 Å². The van der Waals surface area contributed by atoms with Crippen LogP contribution in [0.5, 0.6) is 5.75 Å². The molecule has 0 bridgehead atoms. The Morgan fingerprint density at radius 3 is 2.83 bits per heavy atom. The average molecular weight is 248 g/mol. The monoisotopic (exact) mass is 248 g/mol. The number of ether oxygens (including phenoxy) is 1. The first-order chi connectivity index (χ1) is 8.76. The van der Waals surface area contributed by atoms with Crippen LogP contribution in [-0.4, -0.2) is 37.2 Å². The molecule has 18 heavy (non-hydrogen) atoms. The predicted octanol–water partition coefficient (Wildman–Crippen LogP) is 2.21. The number of nitrogens with zero attached hydrogens (tertiary/aromatic N) is 1. The van der Waals surface area contributed by atoms with Gasteiger partial charge in [0.25, 0.3) is 0 Å². The van der Waals surface area contributed by atoms with E-state index in [1.807, 2.05) is 32.0 Å². The van der Waals surface area contributed by atoms with Crippen molar-refractivity contribution in [2.75, 3.05) is 26.2 Å². The van der Waals surface area contributed by atoms with Gasteiger partial charge >= 0.3 is 6.03 Å². The molecular weight excluding hydrogens is 228 g/mol. The number of carbonyl (C=O) groups is 1. The van der Waals surface area contributed by atoms with Crippen molar-refractivity contribution in [2.24, 2.45) is 0 Å².